The maximum absolute atomic E-state index is 12.8. The molecule has 1 N–H and O–H groups in total. The lowest BCUT2D eigenvalue weighted by atomic mass is 10.1. The number of pyridine rings is 1. The summed E-state index contributed by atoms with van der Waals surface area (Å²) in [7, 11) is 0. The van der Waals surface area contributed by atoms with Crippen molar-refractivity contribution in [2.45, 2.75) is 32.2 Å². The minimum Gasteiger partial charge on any atom is -0.490 e. The second-order valence-electron chi connectivity index (χ2n) is 8.17. The van der Waals surface area contributed by atoms with Crippen LogP contribution in [0.2, 0.25) is 5.02 Å². The molecule has 4 aromatic rings. The summed E-state index contributed by atoms with van der Waals surface area (Å²) in [6.45, 7) is 2.09. The molecule has 1 aliphatic carbocycles. The molecule has 8 nitrogen and oxygen atoms in total. The minimum atomic E-state index is -1.12. The average Bonchev–Trinajstić information content (AvgIpc) is 3.53. The van der Waals surface area contributed by atoms with Crippen molar-refractivity contribution in [2.24, 2.45) is 5.92 Å². The third-order valence-corrected chi connectivity index (χ3v) is 6.00. The van der Waals surface area contributed by atoms with Gasteiger partial charge in [0.1, 0.15) is 5.65 Å². The molecule has 0 saturated heterocycles. The molecule has 3 aromatic heterocycles. The Balaban J connectivity index is 1.54. The van der Waals surface area contributed by atoms with Crippen LogP contribution in [0.5, 0.6) is 5.75 Å². The van der Waals surface area contributed by atoms with E-state index in [9.17, 15) is 14.7 Å². The molecule has 1 atom stereocenters. The molecule has 1 aromatic carbocycles. The summed E-state index contributed by atoms with van der Waals surface area (Å²) in [6.07, 6.45) is 6.39. The molecule has 0 aliphatic heterocycles. The fourth-order valence-corrected chi connectivity index (χ4v) is 3.87. The van der Waals surface area contributed by atoms with Crippen LogP contribution in [0.25, 0.3) is 16.4 Å². The number of hydrogen-bond donors (Lipinski definition) is 1. The first-order valence-electron chi connectivity index (χ1n) is 10.4. The summed E-state index contributed by atoms with van der Waals surface area (Å²) >= 11 is 6.37. The van der Waals surface area contributed by atoms with E-state index in [0.717, 1.165) is 4.68 Å². The smallest absolute Gasteiger partial charge is 0.328 e. The fourth-order valence-electron chi connectivity index (χ4n) is 3.67. The number of nitrogens with zero attached hydrogens (tertiary/aromatic N) is 4. The number of carboxylic acids is 1. The number of benzene rings is 1. The zero-order valence-electron chi connectivity index (χ0n) is 17.4. The molecular formula is C23H21ClN4O4. The van der Waals surface area contributed by atoms with Gasteiger partial charge in [0, 0.05) is 24.1 Å². The number of aromatic nitrogens is 4. The molecule has 32 heavy (non-hydrogen) atoms. The molecule has 0 radical (unpaired) electrons. The van der Waals surface area contributed by atoms with Crippen molar-refractivity contribution in [3.8, 4) is 5.75 Å². The largest absolute Gasteiger partial charge is 0.490 e. The van der Waals surface area contributed by atoms with E-state index < -0.39 is 17.6 Å². The highest BCUT2D eigenvalue weighted by Gasteiger charge is 2.23. The number of fused-ring (bicyclic) bond motifs is 2. The summed E-state index contributed by atoms with van der Waals surface area (Å²) in [6, 6.07) is 7.74. The standard InChI is InChI=1S/C23H21ClN4O4/c1-13(23(30)31)28-22(29)17-5-3-2-4-16(17)19(26-28)8-15-10-27-11-20(32-12-14-6-7-14)18(24)9-21(27)25-15/h2-5,9-11,13-14H,6-8,12H2,1H3,(H,30,31). The van der Waals surface area contributed by atoms with Gasteiger partial charge >= 0.3 is 5.97 Å². The lowest BCUT2D eigenvalue weighted by Crippen LogP contribution is -2.31. The number of imidazole rings is 1. The molecule has 1 aliphatic rings. The van der Waals surface area contributed by atoms with Crippen LogP contribution in [0.15, 0.2) is 47.5 Å². The number of aliphatic carboxylic acids is 1. The van der Waals surface area contributed by atoms with E-state index in [0.29, 0.717) is 57.5 Å². The number of halogens is 1. The van der Waals surface area contributed by atoms with Gasteiger partial charge in [0.25, 0.3) is 5.56 Å². The molecule has 9 heteroatoms. The summed E-state index contributed by atoms with van der Waals surface area (Å²) in [4.78, 5) is 28.9. The van der Waals surface area contributed by atoms with Gasteiger partial charge in [-0.3, -0.25) is 4.79 Å². The monoisotopic (exact) mass is 452 g/mol. The van der Waals surface area contributed by atoms with Crippen molar-refractivity contribution >= 4 is 34.0 Å². The first-order valence-corrected chi connectivity index (χ1v) is 10.8. The van der Waals surface area contributed by atoms with Gasteiger partial charge in [0.05, 0.1) is 34.6 Å². The fraction of sp³-hybridized carbons (Fsp3) is 0.304. The highest BCUT2D eigenvalue weighted by Crippen LogP contribution is 2.32. The topological polar surface area (TPSA) is 98.7 Å². The van der Waals surface area contributed by atoms with Gasteiger partial charge in [0.15, 0.2) is 11.8 Å². The van der Waals surface area contributed by atoms with Gasteiger partial charge in [0.2, 0.25) is 0 Å². The number of carboxylic acid groups (broad SMARTS) is 1. The predicted molar refractivity (Wildman–Crippen MR) is 120 cm³/mol. The first kappa shape index (κ1) is 20.5. The van der Waals surface area contributed by atoms with Crippen molar-refractivity contribution in [3.63, 3.8) is 0 Å². The van der Waals surface area contributed by atoms with E-state index in [1.54, 1.807) is 18.2 Å². The van der Waals surface area contributed by atoms with Crippen LogP contribution in [0.3, 0.4) is 0 Å². The molecule has 1 saturated carbocycles. The Bertz CT molecular complexity index is 1410. The Morgan fingerprint density at radius 1 is 1.28 bits per heavy atom. The van der Waals surface area contributed by atoms with Gasteiger partial charge in [-0.1, -0.05) is 29.8 Å². The molecule has 5 rings (SSSR count). The maximum atomic E-state index is 12.8. The third kappa shape index (κ3) is 3.82. The summed E-state index contributed by atoms with van der Waals surface area (Å²) in [5, 5.41) is 15.4. The summed E-state index contributed by atoms with van der Waals surface area (Å²) in [5.41, 5.74) is 1.53. The van der Waals surface area contributed by atoms with Crippen molar-refractivity contribution < 1.29 is 14.6 Å². The normalized spacial score (nSPS) is 14.7. The lowest BCUT2D eigenvalue weighted by molar-refractivity contribution is -0.140. The minimum absolute atomic E-state index is 0.324. The molecule has 3 heterocycles. The van der Waals surface area contributed by atoms with Crippen molar-refractivity contribution in [2.75, 3.05) is 6.61 Å². The molecular weight excluding hydrogens is 432 g/mol. The number of hydrogen-bond acceptors (Lipinski definition) is 5. The number of rotatable bonds is 7. The van der Waals surface area contributed by atoms with Crippen molar-refractivity contribution in [3.05, 3.63) is 69.5 Å². The lowest BCUT2D eigenvalue weighted by Gasteiger charge is -2.13. The highest BCUT2D eigenvalue weighted by molar-refractivity contribution is 6.32. The van der Waals surface area contributed by atoms with Crippen LogP contribution < -0.4 is 10.3 Å². The van der Waals surface area contributed by atoms with Gasteiger partial charge in [-0.2, -0.15) is 5.10 Å². The van der Waals surface area contributed by atoms with Gasteiger partial charge in [-0.25, -0.2) is 14.5 Å². The zero-order chi connectivity index (χ0) is 22.4. The summed E-state index contributed by atoms with van der Waals surface area (Å²) in [5.74, 6) is 0.104. The second-order valence-corrected chi connectivity index (χ2v) is 8.58. The molecule has 1 fully saturated rings. The van der Waals surface area contributed by atoms with E-state index >= 15 is 0 Å². The van der Waals surface area contributed by atoms with Crippen LogP contribution in [-0.2, 0) is 11.2 Å². The Morgan fingerprint density at radius 3 is 2.75 bits per heavy atom. The quantitative estimate of drug-likeness (QED) is 0.459. The third-order valence-electron chi connectivity index (χ3n) is 5.71. The zero-order valence-corrected chi connectivity index (χ0v) is 18.1. The Hall–Kier alpha value is -3.39. The van der Waals surface area contributed by atoms with Gasteiger partial charge < -0.3 is 14.2 Å². The van der Waals surface area contributed by atoms with Crippen LogP contribution in [-0.4, -0.2) is 36.8 Å². The predicted octanol–water partition coefficient (Wildman–Crippen LogP) is 3.72. The maximum Gasteiger partial charge on any atom is 0.328 e. The van der Waals surface area contributed by atoms with Crippen LogP contribution in [0.1, 0.15) is 37.2 Å². The number of ether oxygens (including phenoxy) is 1. The molecule has 0 spiro atoms. The molecule has 0 bridgehead atoms. The van der Waals surface area contributed by atoms with Gasteiger partial charge in [-0.05, 0) is 31.7 Å². The van der Waals surface area contributed by atoms with E-state index in [1.165, 1.54) is 19.8 Å². The Labute approximate surface area is 188 Å². The highest BCUT2D eigenvalue weighted by atomic mass is 35.5. The Kier molecular flexibility index (Phi) is 5.09. The van der Waals surface area contributed by atoms with Crippen LogP contribution in [0, 0.1) is 5.92 Å². The van der Waals surface area contributed by atoms with Crippen molar-refractivity contribution in [1.29, 1.82) is 0 Å². The molecule has 1 unspecified atom stereocenters. The Morgan fingerprint density at radius 2 is 2.03 bits per heavy atom. The van der Waals surface area contributed by atoms with Crippen LogP contribution in [0.4, 0.5) is 0 Å². The van der Waals surface area contributed by atoms with Gasteiger partial charge in [-0.15, -0.1) is 0 Å². The van der Waals surface area contributed by atoms with E-state index in [1.807, 2.05) is 28.9 Å². The first-order chi connectivity index (χ1) is 15.4. The SMILES string of the molecule is CC(C(=O)O)n1nc(Cc2cn3cc(OCC4CC4)c(Cl)cc3n2)c2ccccc2c1=O. The van der Waals surface area contributed by atoms with Crippen LogP contribution >= 0.6 is 11.6 Å². The van der Waals surface area contributed by atoms with E-state index in [-0.39, 0.29) is 0 Å². The second kappa shape index (κ2) is 7.94. The van der Waals surface area contributed by atoms with Crippen molar-refractivity contribution in [1.82, 2.24) is 19.2 Å². The summed E-state index contributed by atoms with van der Waals surface area (Å²) < 4.78 is 8.72. The average molecular weight is 453 g/mol. The number of carbonyl (C=O) groups is 1. The molecule has 0 amide bonds. The van der Waals surface area contributed by atoms with E-state index in [2.05, 4.69) is 10.1 Å². The molecule has 164 valence electrons. The van der Waals surface area contributed by atoms with E-state index in [4.69, 9.17) is 16.3 Å².